The summed E-state index contributed by atoms with van der Waals surface area (Å²) in [5, 5.41) is 33.1. The molecule has 10 N–H and O–H groups in total. The van der Waals surface area contributed by atoms with Crippen LogP contribution in [0.1, 0.15) is 69.1 Å². The van der Waals surface area contributed by atoms with Gasteiger partial charge >= 0.3 is 6.03 Å². The summed E-state index contributed by atoms with van der Waals surface area (Å²) in [6.45, 7) is 14.9. The number of nitriles is 1. The van der Waals surface area contributed by atoms with E-state index in [0.717, 1.165) is 47.1 Å². The van der Waals surface area contributed by atoms with E-state index in [9.17, 15) is 46.2 Å². The average molecular weight is 1340 g/mol. The van der Waals surface area contributed by atoms with E-state index in [-0.39, 0.29) is 65.3 Å². The molecule has 4 heterocycles. The molecule has 0 aliphatic carbocycles. The number of carbonyl (C=O) groups is 3. The molecule has 0 aromatic heterocycles. The van der Waals surface area contributed by atoms with Crippen molar-refractivity contribution in [2.45, 2.75) is 62.2 Å². The number of fused-ring (bicyclic) bond motifs is 2. The molecule has 4 amide bonds. The molecule has 24 nitrogen and oxygen atoms in total. The van der Waals surface area contributed by atoms with Crippen LogP contribution in [0.25, 0.3) is 39.3 Å². The average Bonchev–Trinajstić information content (AvgIpc) is 0.835. The van der Waals surface area contributed by atoms with E-state index in [4.69, 9.17) is 29.0 Å². The van der Waals surface area contributed by atoms with Crippen LogP contribution in [0.5, 0.6) is 0 Å². The Morgan fingerprint density at radius 3 is 1.62 bits per heavy atom. The molecule has 0 atom stereocenters. The molecule has 6 aromatic rings. The number of nitrogens with zero attached hydrogens (tertiary/aromatic N) is 9. The molecular weight excluding hydrogens is 1260 g/mol. The number of aliphatic hydroxyl groups is 2. The van der Waals surface area contributed by atoms with E-state index >= 15 is 0 Å². The van der Waals surface area contributed by atoms with Gasteiger partial charge in [-0.1, -0.05) is 80.6 Å². The number of carbonyl (C=O) groups excluding carboxylic acids is 4. The Bertz CT molecular complexity index is 4330. The van der Waals surface area contributed by atoms with Crippen LogP contribution in [0.4, 0.5) is 33.2 Å². The van der Waals surface area contributed by atoms with Crippen molar-refractivity contribution in [2.75, 3.05) is 84.0 Å². The predicted octanol–water partition coefficient (Wildman–Crippen LogP) is 8.60. The third-order valence-electron chi connectivity index (χ3n) is 16.0. The molecule has 4 aliphatic rings. The van der Waals surface area contributed by atoms with Crippen LogP contribution in [0, 0.1) is 29.7 Å². The number of nitrogens with two attached hydrogens (primary N) is 3. The zero-order valence-corrected chi connectivity index (χ0v) is 55.1. The molecule has 0 bridgehead atoms. The third-order valence-corrected chi connectivity index (χ3v) is 19.6. The normalized spacial score (nSPS) is 14.6. The maximum absolute atomic E-state index is 13.7. The lowest BCUT2D eigenvalue weighted by molar-refractivity contribution is -0.128. The number of aliphatic hydroxyl groups excluding tert-OH is 2. The maximum atomic E-state index is 13.7. The highest BCUT2D eigenvalue weighted by Crippen LogP contribution is 2.37. The second-order valence-corrected chi connectivity index (χ2v) is 27.1. The number of nitrogens with one attached hydrogen (secondary N) is 2. The molecule has 2 saturated heterocycles. The summed E-state index contributed by atoms with van der Waals surface area (Å²) >= 11 is 0. The van der Waals surface area contributed by atoms with Crippen LogP contribution in [0.2, 0.25) is 0 Å². The molecule has 10 rings (SSSR count). The lowest BCUT2D eigenvalue weighted by Crippen LogP contribution is -2.51. The van der Waals surface area contributed by atoms with Crippen LogP contribution in [0.3, 0.4) is 0 Å². The van der Waals surface area contributed by atoms with Gasteiger partial charge in [-0.05, 0) is 133 Å². The van der Waals surface area contributed by atoms with Crippen LogP contribution in [-0.4, -0.2) is 160 Å². The Hall–Kier alpha value is -9.99. The zero-order valence-electron chi connectivity index (χ0n) is 53.5. The first kappa shape index (κ1) is 71.9. The molecule has 6 aromatic carbocycles. The molecule has 0 unspecified atom stereocenters. The highest BCUT2D eigenvalue weighted by molar-refractivity contribution is 7.89. The van der Waals surface area contributed by atoms with Crippen LogP contribution < -0.4 is 27.8 Å². The van der Waals surface area contributed by atoms with E-state index in [1.807, 2.05) is 79.4 Å². The first-order valence-corrected chi connectivity index (χ1v) is 34.3. The van der Waals surface area contributed by atoms with E-state index in [2.05, 4.69) is 30.5 Å². The van der Waals surface area contributed by atoms with Gasteiger partial charge in [0, 0.05) is 125 Å². The fourth-order valence-corrected chi connectivity index (χ4v) is 14.2. The SMILES string of the molecule is CCCN(CCCN)C(=O)C1=Cc2ccc(-c3cccc(S(=O)(=O)N4CC(CO)C4)c3)cc2N=C(N)C1.CCCN(CCCNC(=O)Nc1cccc(C#N)c1)C(=O)C1=Cc2ccc(-c3cccc(S(=O)(=O)N4CC(CO)C4)c3)cc2N=C(N)C1.[C-]#[N+]c1cccc(N=C=O)c1. The third kappa shape index (κ3) is 18.7. The number of isocyanates is 1. The quantitative estimate of drug-likeness (QED) is 0.0137. The number of rotatable bonds is 23. The van der Waals surface area contributed by atoms with Crippen molar-refractivity contribution < 1.29 is 46.2 Å². The highest BCUT2D eigenvalue weighted by Gasteiger charge is 2.38. The predicted molar refractivity (Wildman–Crippen MR) is 371 cm³/mol. The molecule has 0 radical (unpaired) electrons. The van der Waals surface area contributed by atoms with E-state index < -0.39 is 26.1 Å². The van der Waals surface area contributed by atoms with Gasteiger partial charge in [0.05, 0.1) is 45.1 Å². The number of sulfonamides is 2. The van der Waals surface area contributed by atoms with E-state index in [1.54, 1.807) is 89.8 Å². The fourth-order valence-electron chi connectivity index (χ4n) is 10.9. The van der Waals surface area contributed by atoms with Crippen LogP contribution >= 0.6 is 0 Å². The van der Waals surface area contributed by atoms with Gasteiger partial charge in [0.2, 0.25) is 37.9 Å². The summed E-state index contributed by atoms with van der Waals surface area (Å²) < 4.78 is 55.0. The smallest absolute Gasteiger partial charge is 0.319 e. The van der Waals surface area contributed by atoms with Gasteiger partial charge in [0.15, 0.2) is 5.69 Å². The van der Waals surface area contributed by atoms with Gasteiger partial charge in [0.1, 0.15) is 11.7 Å². The molecule has 500 valence electrons. The number of hydrogen-bond acceptors (Lipinski definition) is 17. The van der Waals surface area contributed by atoms with Crippen molar-refractivity contribution in [1.29, 1.82) is 5.26 Å². The van der Waals surface area contributed by atoms with Gasteiger partial charge in [-0.3, -0.25) is 9.59 Å². The minimum atomic E-state index is -3.68. The van der Waals surface area contributed by atoms with Gasteiger partial charge in [-0.2, -0.15) is 18.9 Å². The Morgan fingerprint density at radius 2 is 1.16 bits per heavy atom. The maximum Gasteiger partial charge on any atom is 0.319 e. The van der Waals surface area contributed by atoms with Crippen molar-refractivity contribution in [3.63, 3.8) is 0 Å². The summed E-state index contributed by atoms with van der Waals surface area (Å²) in [5.74, 6) is 0.373. The Kier molecular flexibility index (Phi) is 25.4. The molecule has 2 fully saturated rings. The van der Waals surface area contributed by atoms with Gasteiger partial charge < -0.3 is 47.8 Å². The second-order valence-electron chi connectivity index (χ2n) is 23.2. The van der Waals surface area contributed by atoms with Crippen molar-refractivity contribution in [1.82, 2.24) is 23.7 Å². The molecule has 96 heavy (non-hydrogen) atoms. The fraction of sp³-hybridized carbons (Fsp3) is 0.314. The summed E-state index contributed by atoms with van der Waals surface area (Å²) in [5.41, 5.74) is 26.8. The Balaban J connectivity index is 0.000000216. The largest absolute Gasteiger partial charge is 0.396 e. The van der Waals surface area contributed by atoms with Crippen molar-refractivity contribution in [3.8, 4) is 28.3 Å². The number of amides is 4. The Labute approximate surface area is 559 Å². The van der Waals surface area contributed by atoms with Crippen LogP contribution in [-0.2, 0) is 34.4 Å². The molecule has 0 spiro atoms. The first-order chi connectivity index (χ1) is 46.2. The van der Waals surface area contributed by atoms with Crippen molar-refractivity contribution >= 4 is 96.2 Å². The van der Waals surface area contributed by atoms with Crippen molar-refractivity contribution in [3.05, 3.63) is 173 Å². The molecular formula is C70H78N14O10S2. The number of aliphatic imine (C=N–C) groups is 3. The number of anilines is 1. The molecule has 4 aliphatic heterocycles. The summed E-state index contributed by atoms with van der Waals surface area (Å²) in [6, 6.07) is 39.5. The van der Waals surface area contributed by atoms with E-state index in [1.165, 1.54) is 20.8 Å². The highest BCUT2D eigenvalue weighted by atomic mass is 32.2. The topological polar surface area (TPSA) is 357 Å². The standard InChI is InChI=1S/C35H39N7O5S.C27H35N5O4S.C8H4N2O/c1-2-13-41(14-5-12-38-35(45)39-30-8-3-6-24(15-30)20-36)34(44)29-16-28-11-10-27(18-32(28)40-33(37)19-29)26-7-4-9-31(17-26)48(46,47)42-21-25(22-42)23-43;1-2-10-31(11-4-9-28)27(34)23-12-22-8-7-21(14-25(22)30-26(29)15-23)20-5-3-6-24(13-20)37(35,36)32-16-19(17-32)18-33;1-9-7-3-2-4-8(5-7)10-6-11/h3-4,6-11,15-18,25,43H,2,5,12-14,19,21-23H2,1H3,(H2,37,40)(H2,38,39,45);3,5-8,12-14,19,33H,2,4,9-11,15-18,28H2,1H3,(H2,29,30);2-5H. The number of urea groups is 1. The lowest BCUT2D eigenvalue weighted by atomic mass is 10.0. The van der Waals surface area contributed by atoms with Gasteiger partial charge in [-0.15, -0.1) is 0 Å². The second kappa shape index (κ2) is 33.9. The first-order valence-electron chi connectivity index (χ1n) is 31.4. The van der Waals surface area contributed by atoms with Crippen molar-refractivity contribution in [2.24, 2.45) is 44.0 Å². The summed E-state index contributed by atoms with van der Waals surface area (Å²) in [4.78, 5) is 68.8. The zero-order chi connectivity index (χ0) is 68.9. The summed E-state index contributed by atoms with van der Waals surface area (Å²) in [6.07, 6.45) is 8.34. The van der Waals surface area contributed by atoms with E-state index in [0.29, 0.717) is 128 Å². The minimum absolute atomic E-state index is 0.00889. The monoisotopic (exact) mass is 1340 g/mol. The Morgan fingerprint density at radius 1 is 0.667 bits per heavy atom. The lowest BCUT2D eigenvalue weighted by Gasteiger charge is -2.36. The van der Waals surface area contributed by atoms with Gasteiger partial charge in [-0.25, -0.2) is 41.3 Å². The number of benzene rings is 6. The molecule has 26 heteroatoms. The minimum Gasteiger partial charge on any atom is -0.396 e. The van der Waals surface area contributed by atoms with Gasteiger partial charge in [0.25, 0.3) is 0 Å². The number of amidine groups is 2. The molecule has 0 saturated carbocycles. The summed E-state index contributed by atoms with van der Waals surface area (Å²) in [7, 11) is -7.31. The van der Waals surface area contributed by atoms with Crippen LogP contribution in [0.15, 0.2) is 169 Å². The number of hydrogen-bond donors (Lipinski definition) is 7.